The normalized spacial score (nSPS) is 33.7. The summed E-state index contributed by atoms with van der Waals surface area (Å²) in [5.74, 6) is 0. The topological polar surface area (TPSA) is 80.9 Å². The maximum atomic E-state index is 11.1. The number of rotatable bonds is 0. The molecule has 2 aromatic rings. The molecule has 0 fully saturated rings. The number of aliphatic hydroxyl groups is 4. The molecule has 4 unspecified atom stereocenters. The number of benzene rings is 2. The molecule has 0 saturated carbocycles. The molecule has 0 aliphatic heterocycles. The first kappa shape index (κ1) is 12.1. The van der Waals surface area contributed by atoms with Crippen molar-refractivity contribution >= 4 is 0 Å². The number of aliphatic hydroxyl groups excluding tert-OH is 3. The summed E-state index contributed by atoms with van der Waals surface area (Å²) in [4.78, 5) is 0. The van der Waals surface area contributed by atoms with Gasteiger partial charge in [-0.15, -0.1) is 0 Å². The Morgan fingerprint density at radius 3 is 2.35 bits per heavy atom. The third-order valence-electron chi connectivity index (χ3n) is 4.50. The van der Waals surface area contributed by atoms with E-state index in [0.717, 1.165) is 11.1 Å². The van der Waals surface area contributed by atoms with Gasteiger partial charge in [0.1, 0.15) is 23.9 Å². The predicted octanol–water partition coefficient (Wildman–Crippen LogP) is 0.672. The van der Waals surface area contributed by atoms with Gasteiger partial charge < -0.3 is 20.4 Å². The van der Waals surface area contributed by atoms with Crippen molar-refractivity contribution in [3.63, 3.8) is 0 Å². The predicted molar refractivity (Wildman–Crippen MR) is 71.9 cm³/mol. The Morgan fingerprint density at radius 2 is 1.55 bits per heavy atom. The van der Waals surface area contributed by atoms with Crippen LogP contribution in [-0.4, -0.2) is 32.6 Å². The van der Waals surface area contributed by atoms with Crippen molar-refractivity contribution in [2.75, 3.05) is 0 Å². The highest BCUT2D eigenvalue weighted by atomic mass is 16.4. The summed E-state index contributed by atoms with van der Waals surface area (Å²) in [6.07, 6.45) is -4.08. The molecule has 4 rings (SSSR count). The van der Waals surface area contributed by atoms with Crippen LogP contribution in [0.4, 0.5) is 0 Å². The molecule has 4 atom stereocenters. The molecular formula is C16H14O4. The first-order chi connectivity index (χ1) is 9.56. The molecule has 2 aliphatic rings. The molecule has 20 heavy (non-hydrogen) atoms. The van der Waals surface area contributed by atoms with Crippen LogP contribution >= 0.6 is 0 Å². The average Bonchev–Trinajstić information content (AvgIpc) is 2.75. The van der Waals surface area contributed by atoms with Crippen LogP contribution in [-0.2, 0) is 5.60 Å². The Morgan fingerprint density at radius 1 is 0.850 bits per heavy atom. The van der Waals surface area contributed by atoms with Crippen molar-refractivity contribution in [1.29, 1.82) is 0 Å². The Labute approximate surface area is 115 Å². The molecule has 4 nitrogen and oxygen atoms in total. The summed E-state index contributed by atoms with van der Waals surface area (Å²) < 4.78 is 0. The monoisotopic (exact) mass is 270 g/mol. The first-order valence-electron chi connectivity index (χ1n) is 6.56. The zero-order valence-electron chi connectivity index (χ0n) is 10.6. The van der Waals surface area contributed by atoms with E-state index in [4.69, 9.17) is 0 Å². The highest BCUT2D eigenvalue weighted by Gasteiger charge is 2.56. The minimum absolute atomic E-state index is 0.471. The molecule has 4 heteroatoms. The van der Waals surface area contributed by atoms with Gasteiger partial charge in [-0.05, 0) is 22.3 Å². The van der Waals surface area contributed by atoms with Gasteiger partial charge in [0.15, 0.2) is 0 Å². The van der Waals surface area contributed by atoms with Gasteiger partial charge in [0.25, 0.3) is 0 Å². The fraction of sp³-hybridized carbons (Fsp3) is 0.250. The molecule has 0 radical (unpaired) electrons. The van der Waals surface area contributed by atoms with Gasteiger partial charge in [0, 0.05) is 5.56 Å². The summed E-state index contributed by atoms with van der Waals surface area (Å²) in [7, 11) is 0. The molecule has 0 spiro atoms. The third kappa shape index (κ3) is 1.16. The Balaban J connectivity index is 2.15. The molecule has 0 aromatic heterocycles. The quantitative estimate of drug-likeness (QED) is 0.567. The Bertz CT molecular complexity index is 711. The van der Waals surface area contributed by atoms with E-state index in [1.165, 1.54) is 0 Å². The summed E-state index contributed by atoms with van der Waals surface area (Å²) in [5, 5.41) is 41.6. The molecule has 102 valence electrons. The minimum atomic E-state index is -1.67. The first-order valence-corrected chi connectivity index (χ1v) is 6.56. The van der Waals surface area contributed by atoms with E-state index < -0.39 is 23.9 Å². The van der Waals surface area contributed by atoms with Crippen LogP contribution < -0.4 is 0 Å². The van der Waals surface area contributed by atoms with Crippen molar-refractivity contribution in [3.8, 4) is 11.1 Å². The van der Waals surface area contributed by atoms with Gasteiger partial charge in [0.2, 0.25) is 0 Å². The zero-order chi connectivity index (χ0) is 14.1. The summed E-state index contributed by atoms with van der Waals surface area (Å²) in [6, 6.07) is 12.6. The number of hydrogen-bond acceptors (Lipinski definition) is 4. The van der Waals surface area contributed by atoms with Crippen LogP contribution in [0.1, 0.15) is 22.8 Å². The van der Waals surface area contributed by atoms with E-state index in [1.807, 2.05) is 18.2 Å². The van der Waals surface area contributed by atoms with Gasteiger partial charge in [-0.1, -0.05) is 42.5 Å². The maximum absolute atomic E-state index is 11.1. The largest absolute Gasteiger partial charge is 0.387 e. The molecule has 4 N–H and O–H groups in total. The maximum Gasteiger partial charge on any atom is 0.145 e. The number of fused-ring (bicyclic) bond motifs is 3. The fourth-order valence-electron chi connectivity index (χ4n) is 3.56. The zero-order valence-corrected chi connectivity index (χ0v) is 10.6. The number of hydrogen-bond donors (Lipinski definition) is 4. The lowest BCUT2D eigenvalue weighted by molar-refractivity contribution is -0.152. The van der Waals surface area contributed by atoms with E-state index in [1.54, 1.807) is 24.3 Å². The fourth-order valence-corrected chi connectivity index (χ4v) is 3.56. The van der Waals surface area contributed by atoms with E-state index in [-0.39, 0.29) is 0 Å². The van der Waals surface area contributed by atoms with E-state index >= 15 is 0 Å². The van der Waals surface area contributed by atoms with E-state index in [9.17, 15) is 20.4 Å². The van der Waals surface area contributed by atoms with Crippen LogP contribution in [0.3, 0.4) is 0 Å². The summed E-state index contributed by atoms with van der Waals surface area (Å²) >= 11 is 0. The summed E-state index contributed by atoms with van der Waals surface area (Å²) in [6.45, 7) is 0. The van der Waals surface area contributed by atoms with Crippen molar-refractivity contribution in [1.82, 2.24) is 0 Å². The van der Waals surface area contributed by atoms with Crippen LogP contribution in [0.2, 0.25) is 0 Å². The van der Waals surface area contributed by atoms with Crippen LogP contribution in [0.15, 0.2) is 42.5 Å². The highest BCUT2D eigenvalue weighted by Crippen LogP contribution is 2.55. The molecular weight excluding hydrogens is 256 g/mol. The molecule has 2 aliphatic carbocycles. The lowest BCUT2D eigenvalue weighted by Crippen LogP contribution is -2.52. The Kier molecular flexibility index (Phi) is 2.22. The average molecular weight is 270 g/mol. The van der Waals surface area contributed by atoms with Gasteiger partial charge in [-0.3, -0.25) is 0 Å². The highest BCUT2D eigenvalue weighted by molar-refractivity contribution is 5.82. The Hall–Kier alpha value is -1.72. The molecule has 0 amide bonds. The van der Waals surface area contributed by atoms with Crippen LogP contribution in [0, 0.1) is 0 Å². The van der Waals surface area contributed by atoms with Crippen molar-refractivity contribution in [3.05, 3.63) is 59.2 Å². The second kappa shape index (κ2) is 3.68. The lowest BCUT2D eigenvalue weighted by Gasteiger charge is -2.41. The van der Waals surface area contributed by atoms with Gasteiger partial charge >= 0.3 is 0 Å². The second-order valence-electron chi connectivity index (χ2n) is 5.46. The van der Waals surface area contributed by atoms with Crippen molar-refractivity contribution in [2.24, 2.45) is 0 Å². The molecule has 2 aromatic carbocycles. The molecule has 0 bridgehead atoms. The van der Waals surface area contributed by atoms with Gasteiger partial charge in [0.05, 0.1) is 0 Å². The third-order valence-corrected chi connectivity index (χ3v) is 4.50. The summed E-state index contributed by atoms with van der Waals surface area (Å²) in [5.41, 5.74) is 1.51. The van der Waals surface area contributed by atoms with Crippen molar-refractivity contribution in [2.45, 2.75) is 23.9 Å². The van der Waals surface area contributed by atoms with Crippen LogP contribution in [0.25, 0.3) is 11.1 Å². The standard InChI is InChI=1S/C16H14O4/c17-13-10-6-3-5-9-8-4-1-2-7-11(8)16(20,12(9)10)15(19)14(13)18/h1-7,13-15,17-20H. The van der Waals surface area contributed by atoms with Gasteiger partial charge in [-0.25, -0.2) is 0 Å². The van der Waals surface area contributed by atoms with Gasteiger partial charge in [-0.2, -0.15) is 0 Å². The molecule has 0 heterocycles. The van der Waals surface area contributed by atoms with Crippen molar-refractivity contribution < 1.29 is 20.4 Å². The molecule has 0 saturated heterocycles. The smallest absolute Gasteiger partial charge is 0.145 e. The van der Waals surface area contributed by atoms with E-state index in [2.05, 4.69) is 0 Å². The SMILES string of the molecule is OC1c2cccc3c2C(O)(c2ccccc2-3)C(O)C1O. The van der Waals surface area contributed by atoms with E-state index in [0.29, 0.717) is 16.7 Å². The van der Waals surface area contributed by atoms with Crippen LogP contribution in [0.5, 0.6) is 0 Å². The second-order valence-corrected chi connectivity index (χ2v) is 5.46. The minimum Gasteiger partial charge on any atom is -0.387 e. The lowest BCUT2D eigenvalue weighted by atomic mass is 9.73.